The van der Waals surface area contributed by atoms with Crippen LogP contribution in [0.5, 0.6) is 5.75 Å². The van der Waals surface area contributed by atoms with E-state index in [-0.39, 0.29) is 6.10 Å². The van der Waals surface area contributed by atoms with E-state index in [0.29, 0.717) is 18.3 Å². The van der Waals surface area contributed by atoms with Crippen LogP contribution in [0.3, 0.4) is 0 Å². The molecule has 0 unspecified atom stereocenters. The fourth-order valence-electron chi connectivity index (χ4n) is 2.24. The van der Waals surface area contributed by atoms with Gasteiger partial charge in [0.25, 0.3) is 0 Å². The Labute approximate surface area is 141 Å². The van der Waals surface area contributed by atoms with Gasteiger partial charge in [-0.1, -0.05) is 17.7 Å². The summed E-state index contributed by atoms with van der Waals surface area (Å²) in [6.45, 7) is 6.54. The van der Waals surface area contributed by atoms with Crippen molar-refractivity contribution in [1.29, 1.82) is 0 Å². The molecule has 0 amide bonds. The van der Waals surface area contributed by atoms with Crippen LogP contribution in [0.1, 0.15) is 25.3 Å². The molecule has 0 aliphatic rings. The Bertz CT molecular complexity index is 777. The summed E-state index contributed by atoms with van der Waals surface area (Å²) in [4.78, 5) is 0. The summed E-state index contributed by atoms with van der Waals surface area (Å²) in [6.07, 6.45) is 0.169. The van der Waals surface area contributed by atoms with Crippen LogP contribution < -0.4 is 10.1 Å². The van der Waals surface area contributed by atoms with E-state index in [1.54, 1.807) is 0 Å². The molecule has 0 spiro atoms. The summed E-state index contributed by atoms with van der Waals surface area (Å²) in [6, 6.07) is 15.8. The molecule has 0 aliphatic heterocycles. The van der Waals surface area contributed by atoms with Crippen molar-refractivity contribution in [1.82, 2.24) is 10.2 Å². The van der Waals surface area contributed by atoms with Crippen LogP contribution in [0.15, 0.2) is 52.9 Å². The molecule has 0 atom stereocenters. The minimum Gasteiger partial charge on any atom is -0.491 e. The second-order valence-corrected chi connectivity index (χ2v) is 5.91. The van der Waals surface area contributed by atoms with Crippen LogP contribution in [0.2, 0.25) is 0 Å². The first-order chi connectivity index (χ1) is 11.6. The molecule has 3 rings (SSSR count). The van der Waals surface area contributed by atoms with Crippen molar-refractivity contribution in [2.75, 3.05) is 5.32 Å². The van der Waals surface area contributed by atoms with Crippen LogP contribution in [-0.2, 0) is 6.54 Å². The second kappa shape index (κ2) is 7.17. The molecule has 0 bridgehead atoms. The third-order valence-electron chi connectivity index (χ3n) is 3.44. The maximum Gasteiger partial charge on any atom is 0.247 e. The van der Waals surface area contributed by atoms with E-state index in [0.717, 1.165) is 17.0 Å². The number of benzene rings is 2. The van der Waals surface area contributed by atoms with Gasteiger partial charge in [0.05, 0.1) is 12.6 Å². The van der Waals surface area contributed by atoms with Crippen molar-refractivity contribution in [3.63, 3.8) is 0 Å². The van der Waals surface area contributed by atoms with Gasteiger partial charge in [0, 0.05) is 11.3 Å². The van der Waals surface area contributed by atoms with Crippen molar-refractivity contribution in [2.24, 2.45) is 0 Å². The van der Waals surface area contributed by atoms with Gasteiger partial charge in [-0.25, -0.2) is 0 Å². The van der Waals surface area contributed by atoms with E-state index in [9.17, 15) is 0 Å². The fraction of sp³-hybridized carbons (Fsp3) is 0.263. The van der Waals surface area contributed by atoms with Gasteiger partial charge < -0.3 is 14.5 Å². The highest BCUT2D eigenvalue weighted by atomic mass is 16.5. The van der Waals surface area contributed by atoms with Gasteiger partial charge in [-0.2, -0.15) is 0 Å². The number of hydrogen-bond acceptors (Lipinski definition) is 5. The van der Waals surface area contributed by atoms with Gasteiger partial charge in [-0.15, -0.1) is 10.2 Å². The lowest BCUT2D eigenvalue weighted by Crippen LogP contribution is -2.05. The normalized spacial score (nSPS) is 10.8. The van der Waals surface area contributed by atoms with Gasteiger partial charge >= 0.3 is 0 Å². The molecule has 0 saturated carbocycles. The molecule has 0 fully saturated rings. The van der Waals surface area contributed by atoms with E-state index < -0.39 is 0 Å². The van der Waals surface area contributed by atoms with Crippen LogP contribution in [0.25, 0.3) is 11.5 Å². The van der Waals surface area contributed by atoms with Crippen LogP contribution in [0, 0.1) is 6.92 Å². The number of anilines is 1. The predicted molar refractivity (Wildman–Crippen MR) is 94.0 cm³/mol. The second-order valence-electron chi connectivity index (χ2n) is 5.91. The third-order valence-corrected chi connectivity index (χ3v) is 3.44. The summed E-state index contributed by atoms with van der Waals surface area (Å²) in [5.41, 5.74) is 3.10. The lowest BCUT2D eigenvalue weighted by molar-refractivity contribution is 0.242. The van der Waals surface area contributed by atoms with E-state index in [1.165, 1.54) is 5.56 Å². The Morgan fingerprint density at radius 3 is 2.38 bits per heavy atom. The smallest absolute Gasteiger partial charge is 0.247 e. The molecule has 1 heterocycles. The summed E-state index contributed by atoms with van der Waals surface area (Å²) < 4.78 is 11.3. The fourth-order valence-corrected chi connectivity index (χ4v) is 2.24. The van der Waals surface area contributed by atoms with E-state index in [4.69, 9.17) is 9.15 Å². The first-order valence-corrected chi connectivity index (χ1v) is 8.00. The number of nitrogens with one attached hydrogen (secondary N) is 1. The number of aromatic nitrogens is 2. The number of rotatable bonds is 6. The molecule has 5 nitrogen and oxygen atoms in total. The highest BCUT2D eigenvalue weighted by Gasteiger charge is 2.08. The predicted octanol–water partition coefficient (Wildman–Crippen LogP) is 4.44. The SMILES string of the molecule is Cc1ccc(-c2nnc(CNc3ccc(OC(C)C)cc3)o2)cc1. The third kappa shape index (κ3) is 4.13. The average molecular weight is 323 g/mol. The van der Waals surface area contributed by atoms with Gasteiger partial charge in [0.15, 0.2) is 0 Å². The Kier molecular flexibility index (Phi) is 4.79. The van der Waals surface area contributed by atoms with Crippen LogP contribution in [-0.4, -0.2) is 16.3 Å². The summed E-state index contributed by atoms with van der Waals surface area (Å²) in [5.74, 6) is 1.94. The van der Waals surface area contributed by atoms with E-state index in [2.05, 4.69) is 15.5 Å². The van der Waals surface area contributed by atoms with Crippen LogP contribution >= 0.6 is 0 Å². The minimum atomic E-state index is 0.169. The van der Waals surface area contributed by atoms with Gasteiger partial charge in [0.2, 0.25) is 11.8 Å². The molecule has 124 valence electrons. The van der Waals surface area contributed by atoms with Crippen molar-refractivity contribution in [3.8, 4) is 17.2 Å². The molecular weight excluding hydrogens is 302 g/mol. The zero-order valence-corrected chi connectivity index (χ0v) is 14.1. The zero-order valence-electron chi connectivity index (χ0n) is 14.1. The zero-order chi connectivity index (χ0) is 16.9. The molecule has 0 saturated heterocycles. The van der Waals surface area contributed by atoms with E-state index >= 15 is 0 Å². The van der Waals surface area contributed by atoms with Crippen molar-refractivity contribution in [2.45, 2.75) is 33.4 Å². The topological polar surface area (TPSA) is 60.2 Å². The average Bonchev–Trinajstić information content (AvgIpc) is 3.03. The molecule has 2 aromatic carbocycles. The largest absolute Gasteiger partial charge is 0.491 e. The monoisotopic (exact) mass is 323 g/mol. The molecule has 1 N–H and O–H groups in total. The molecule has 5 heteroatoms. The summed E-state index contributed by atoms with van der Waals surface area (Å²) >= 11 is 0. The molecule has 0 aliphatic carbocycles. The maximum atomic E-state index is 5.70. The standard InChI is InChI=1S/C19H21N3O2/c1-13(2)23-17-10-8-16(9-11-17)20-12-18-21-22-19(24-18)15-6-4-14(3)5-7-15/h4-11,13,20H,12H2,1-3H3. The maximum absolute atomic E-state index is 5.70. The highest BCUT2D eigenvalue weighted by Crippen LogP contribution is 2.20. The first kappa shape index (κ1) is 16.1. The Morgan fingerprint density at radius 2 is 1.71 bits per heavy atom. The highest BCUT2D eigenvalue weighted by molar-refractivity contribution is 5.53. The summed E-state index contributed by atoms with van der Waals surface area (Å²) in [5, 5.41) is 11.4. The van der Waals surface area contributed by atoms with Crippen LogP contribution in [0.4, 0.5) is 5.69 Å². The van der Waals surface area contributed by atoms with E-state index in [1.807, 2.05) is 69.3 Å². The lowest BCUT2D eigenvalue weighted by atomic mass is 10.1. The van der Waals surface area contributed by atoms with Gasteiger partial charge in [-0.3, -0.25) is 0 Å². The Hall–Kier alpha value is -2.82. The molecule has 24 heavy (non-hydrogen) atoms. The number of nitrogens with zero attached hydrogens (tertiary/aromatic N) is 2. The number of hydrogen-bond donors (Lipinski definition) is 1. The number of ether oxygens (including phenoxy) is 1. The quantitative estimate of drug-likeness (QED) is 0.726. The molecular formula is C19H21N3O2. The first-order valence-electron chi connectivity index (χ1n) is 8.00. The van der Waals surface area contributed by atoms with Gasteiger partial charge in [0.1, 0.15) is 5.75 Å². The van der Waals surface area contributed by atoms with Crippen molar-refractivity contribution < 1.29 is 9.15 Å². The summed E-state index contributed by atoms with van der Waals surface area (Å²) in [7, 11) is 0. The number of aryl methyl sites for hydroxylation is 1. The molecule has 3 aromatic rings. The molecule has 0 radical (unpaired) electrons. The van der Waals surface area contributed by atoms with Gasteiger partial charge in [-0.05, 0) is 57.2 Å². The van der Waals surface area contributed by atoms with Crippen molar-refractivity contribution in [3.05, 3.63) is 60.0 Å². The Morgan fingerprint density at radius 1 is 1.00 bits per heavy atom. The molecule has 1 aromatic heterocycles. The minimum absolute atomic E-state index is 0.169. The lowest BCUT2D eigenvalue weighted by Gasteiger charge is -2.10. The Balaban J connectivity index is 1.60. The van der Waals surface area contributed by atoms with Crippen molar-refractivity contribution >= 4 is 5.69 Å².